The van der Waals surface area contributed by atoms with Crippen molar-refractivity contribution in [3.8, 4) is 11.5 Å². The van der Waals surface area contributed by atoms with E-state index in [9.17, 15) is 5.11 Å². The highest BCUT2D eigenvalue weighted by Gasteiger charge is 2.20. The van der Waals surface area contributed by atoms with Crippen molar-refractivity contribution in [2.24, 2.45) is 0 Å². The van der Waals surface area contributed by atoms with Gasteiger partial charge >= 0.3 is 0 Å². The lowest BCUT2D eigenvalue weighted by molar-refractivity contribution is 0.169. The molecule has 1 unspecified atom stereocenters. The number of aliphatic hydroxyl groups is 1. The van der Waals surface area contributed by atoms with E-state index < -0.39 is 6.10 Å². The molecular weight excluding hydrogens is 426 g/mol. The van der Waals surface area contributed by atoms with E-state index in [2.05, 4.69) is 22.6 Å². The highest BCUT2D eigenvalue weighted by atomic mass is 127. The summed E-state index contributed by atoms with van der Waals surface area (Å²) in [4.78, 5) is 0. The Balaban J connectivity index is 2.00. The lowest BCUT2D eigenvalue weighted by atomic mass is 10.0. The Hall–Kier alpha value is -0.690. The Morgan fingerprint density at radius 3 is 2.33 bits per heavy atom. The van der Waals surface area contributed by atoms with Crippen LogP contribution in [-0.2, 0) is 0 Å². The second-order valence-corrected chi connectivity index (χ2v) is 6.57. The molecule has 1 N–H and O–H groups in total. The van der Waals surface area contributed by atoms with Crippen molar-refractivity contribution >= 4 is 45.8 Å². The minimum Gasteiger partial charge on any atom is -0.486 e. The van der Waals surface area contributed by atoms with Crippen LogP contribution in [-0.4, -0.2) is 18.3 Å². The number of ether oxygens (including phenoxy) is 2. The van der Waals surface area contributed by atoms with Gasteiger partial charge in [0.1, 0.15) is 19.3 Å². The van der Waals surface area contributed by atoms with Gasteiger partial charge in [0.25, 0.3) is 0 Å². The Labute approximate surface area is 145 Å². The van der Waals surface area contributed by atoms with Crippen molar-refractivity contribution in [3.05, 3.63) is 55.1 Å². The third-order valence-corrected chi connectivity index (χ3v) is 5.12. The molecule has 0 bridgehead atoms. The lowest BCUT2D eigenvalue weighted by Crippen LogP contribution is -2.16. The summed E-state index contributed by atoms with van der Waals surface area (Å²) >= 11 is 14.5. The number of aliphatic hydroxyl groups excluding tert-OH is 1. The van der Waals surface area contributed by atoms with Crippen LogP contribution in [0.1, 0.15) is 17.2 Å². The molecule has 0 amide bonds. The number of hydrogen-bond acceptors (Lipinski definition) is 3. The van der Waals surface area contributed by atoms with Gasteiger partial charge in [0.05, 0.1) is 10.0 Å². The molecule has 2 aromatic rings. The van der Waals surface area contributed by atoms with E-state index in [-0.39, 0.29) is 0 Å². The molecule has 1 heterocycles. The van der Waals surface area contributed by atoms with E-state index in [1.807, 2.05) is 12.1 Å². The smallest absolute Gasteiger partial charge is 0.162 e. The van der Waals surface area contributed by atoms with Crippen LogP contribution in [0, 0.1) is 3.57 Å². The Morgan fingerprint density at radius 2 is 1.67 bits per heavy atom. The largest absolute Gasteiger partial charge is 0.486 e. The summed E-state index contributed by atoms with van der Waals surface area (Å²) < 4.78 is 11.9. The van der Waals surface area contributed by atoms with E-state index in [0.29, 0.717) is 45.9 Å². The van der Waals surface area contributed by atoms with E-state index in [1.54, 1.807) is 18.2 Å². The molecule has 21 heavy (non-hydrogen) atoms. The van der Waals surface area contributed by atoms with Crippen molar-refractivity contribution < 1.29 is 14.6 Å². The average Bonchev–Trinajstić information content (AvgIpc) is 2.48. The van der Waals surface area contributed by atoms with E-state index >= 15 is 0 Å². The molecule has 0 aromatic heterocycles. The molecule has 1 aliphatic heterocycles. The highest BCUT2D eigenvalue weighted by Crippen LogP contribution is 2.39. The SMILES string of the molecule is OC(c1ccc(I)c(Cl)c1)c1cc2c(cc1Cl)OCCO2. The molecule has 0 spiro atoms. The first kappa shape index (κ1) is 15.2. The molecule has 1 aliphatic rings. The van der Waals surface area contributed by atoms with Gasteiger partial charge in [0, 0.05) is 15.2 Å². The third-order valence-electron chi connectivity index (χ3n) is 3.22. The summed E-state index contributed by atoms with van der Waals surface area (Å²) in [7, 11) is 0. The summed E-state index contributed by atoms with van der Waals surface area (Å²) in [5.41, 5.74) is 1.25. The Morgan fingerprint density at radius 1 is 1.00 bits per heavy atom. The van der Waals surface area contributed by atoms with Crippen molar-refractivity contribution in [1.29, 1.82) is 0 Å². The number of benzene rings is 2. The van der Waals surface area contributed by atoms with Gasteiger partial charge in [-0.25, -0.2) is 0 Å². The van der Waals surface area contributed by atoms with Crippen molar-refractivity contribution in [2.75, 3.05) is 13.2 Å². The van der Waals surface area contributed by atoms with Crippen LogP contribution >= 0.6 is 45.8 Å². The van der Waals surface area contributed by atoms with Gasteiger partial charge in [-0.15, -0.1) is 0 Å². The lowest BCUT2D eigenvalue weighted by Gasteiger charge is -2.21. The molecule has 110 valence electrons. The normalized spacial score (nSPS) is 14.9. The molecule has 6 heteroatoms. The van der Waals surface area contributed by atoms with Crippen LogP contribution in [0.25, 0.3) is 0 Å². The minimum absolute atomic E-state index is 0.432. The quantitative estimate of drug-likeness (QED) is 0.707. The van der Waals surface area contributed by atoms with Crippen molar-refractivity contribution in [3.63, 3.8) is 0 Å². The molecule has 1 atom stereocenters. The minimum atomic E-state index is -0.872. The number of halogens is 3. The third kappa shape index (κ3) is 3.08. The first-order valence-corrected chi connectivity index (χ1v) is 8.12. The maximum Gasteiger partial charge on any atom is 0.162 e. The van der Waals surface area contributed by atoms with Gasteiger partial charge < -0.3 is 14.6 Å². The van der Waals surface area contributed by atoms with Gasteiger partial charge in [0.2, 0.25) is 0 Å². The molecule has 3 rings (SSSR count). The van der Waals surface area contributed by atoms with Crippen LogP contribution in [0.3, 0.4) is 0 Å². The molecule has 0 fully saturated rings. The molecule has 3 nitrogen and oxygen atoms in total. The summed E-state index contributed by atoms with van der Waals surface area (Å²) in [5.74, 6) is 1.19. The second kappa shape index (κ2) is 6.20. The first-order chi connectivity index (χ1) is 10.1. The van der Waals surface area contributed by atoms with Crippen molar-refractivity contribution in [2.45, 2.75) is 6.10 Å². The monoisotopic (exact) mass is 436 g/mol. The molecule has 0 radical (unpaired) electrons. The van der Waals surface area contributed by atoms with Crippen LogP contribution in [0.4, 0.5) is 0 Å². The Kier molecular flexibility index (Phi) is 4.49. The Bertz CT molecular complexity index is 691. The molecule has 0 saturated carbocycles. The molecule has 2 aromatic carbocycles. The van der Waals surface area contributed by atoms with Crippen molar-refractivity contribution in [1.82, 2.24) is 0 Å². The number of rotatable bonds is 2. The van der Waals surface area contributed by atoms with E-state index in [4.69, 9.17) is 32.7 Å². The fourth-order valence-electron chi connectivity index (χ4n) is 2.15. The predicted molar refractivity (Wildman–Crippen MR) is 90.7 cm³/mol. The summed E-state index contributed by atoms with van der Waals surface area (Å²) in [5, 5.41) is 11.6. The van der Waals surface area contributed by atoms with Gasteiger partial charge in [0.15, 0.2) is 11.5 Å². The average molecular weight is 437 g/mol. The maximum absolute atomic E-state index is 10.5. The zero-order chi connectivity index (χ0) is 15.0. The maximum atomic E-state index is 10.5. The topological polar surface area (TPSA) is 38.7 Å². The van der Waals surface area contributed by atoms with Crippen LogP contribution in [0.5, 0.6) is 11.5 Å². The second-order valence-electron chi connectivity index (χ2n) is 4.59. The summed E-state index contributed by atoms with van der Waals surface area (Å²) in [6.07, 6.45) is -0.872. The highest BCUT2D eigenvalue weighted by molar-refractivity contribution is 14.1. The zero-order valence-corrected chi connectivity index (χ0v) is 14.4. The predicted octanol–water partition coefficient (Wildman–Crippen LogP) is 4.45. The number of fused-ring (bicyclic) bond motifs is 1. The van der Waals surface area contributed by atoms with Gasteiger partial charge in [-0.1, -0.05) is 29.3 Å². The number of hydrogen-bond donors (Lipinski definition) is 1. The molecule has 0 saturated heterocycles. The van der Waals surface area contributed by atoms with E-state index in [1.165, 1.54) is 0 Å². The zero-order valence-electron chi connectivity index (χ0n) is 10.8. The summed E-state index contributed by atoms with van der Waals surface area (Å²) in [6.45, 7) is 0.984. The van der Waals surface area contributed by atoms with Gasteiger partial charge in [-0.3, -0.25) is 0 Å². The fourth-order valence-corrected chi connectivity index (χ4v) is 2.93. The summed E-state index contributed by atoms with van der Waals surface area (Å²) in [6, 6.07) is 8.80. The molecular formula is C15H11Cl2IO3. The van der Waals surface area contributed by atoms with Gasteiger partial charge in [-0.2, -0.15) is 0 Å². The van der Waals surface area contributed by atoms with Crippen LogP contribution in [0.15, 0.2) is 30.3 Å². The standard InChI is InChI=1S/C15H11Cl2IO3/c16-10-7-14-13(20-3-4-21-14)6-9(10)15(19)8-1-2-12(18)11(17)5-8/h1-2,5-7,15,19H,3-4H2. The first-order valence-electron chi connectivity index (χ1n) is 6.28. The molecule has 0 aliphatic carbocycles. The fraction of sp³-hybridized carbons (Fsp3) is 0.200. The van der Waals surface area contributed by atoms with Gasteiger partial charge in [-0.05, 0) is 46.4 Å². The van der Waals surface area contributed by atoms with E-state index in [0.717, 1.165) is 3.57 Å². The van der Waals surface area contributed by atoms with Crippen LogP contribution in [0.2, 0.25) is 10.0 Å². The van der Waals surface area contributed by atoms with Crippen LogP contribution < -0.4 is 9.47 Å².